The van der Waals surface area contributed by atoms with E-state index in [4.69, 9.17) is 0 Å². The van der Waals surface area contributed by atoms with Crippen LogP contribution in [-0.2, 0) is 0 Å². The van der Waals surface area contributed by atoms with E-state index in [1.807, 2.05) is 0 Å². The third-order valence-electron chi connectivity index (χ3n) is 4.60. The zero-order chi connectivity index (χ0) is 15.1. The van der Waals surface area contributed by atoms with Gasteiger partial charge in [0.05, 0.1) is 0 Å². The molecule has 0 saturated carbocycles. The Bertz CT molecular complexity index is 388. The van der Waals surface area contributed by atoms with Crippen LogP contribution in [0.3, 0.4) is 0 Å². The van der Waals surface area contributed by atoms with Crippen molar-refractivity contribution in [3.8, 4) is 0 Å². The normalized spacial score (nSPS) is 22.2. The Kier molecular flexibility index (Phi) is 6.72. The maximum Gasteiger partial charge on any atom is 0.0345 e. The summed E-state index contributed by atoms with van der Waals surface area (Å²) in [6.45, 7) is 10.7. The van der Waals surface area contributed by atoms with Crippen LogP contribution in [0, 0.1) is 5.92 Å². The summed E-state index contributed by atoms with van der Waals surface area (Å²) in [6, 6.07) is 12.1. The van der Waals surface area contributed by atoms with E-state index in [0.29, 0.717) is 18.0 Å². The van der Waals surface area contributed by atoms with Gasteiger partial charge in [-0.25, -0.2) is 0 Å². The highest BCUT2D eigenvalue weighted by atomic mass is 15.1. The first-order chi connectivity index (χ1) is 10.2. The molecule has 1 aromatic rings. The SMILES string of the molecule is CCCN1CCCC(NC(c2ccccc2)C(C)C)CC1. The number of nitrogens with one attached hydrogen (secondary N) is 1. The second-order valence-corrected chi connectivity index (χ2v) is 6.77. The van der Waals surface area contributed by atoms with Crippen molar-refractivity contribution in [2.75, 3.05) is 19.6 Å². The second-order valence-electron chi connectivity index (χ2n) is 6.77. The lowest BCUT2D eigenvalue weighted by molar-refractivity contribution is 0.278. The quantitative estimate of drug-likeness (QED) is 0.842. The van der Waals surface area contributed by atoms with Gasteiger partial charge in [0.15, 0.2) is 0 Å². The maximum atomic E-state index is 3.95. The molecule has 0 amide bonds. The monoisotopic (exact) mass is 288 g/mol. The predicted molar refractivity (Wildman–Crippen MR) is 91.5 cm³/mol. The van der Waals surface area contributed by atoms with Gasteiger partial charge < -0.3 is 10.2 Å². The predicted octanol–water partition coefficient (Wildman–Crippen LogP) is 4.24. The minimum atomic E-state index is 0.480. The lowest BCUT2D eigenvalue weighted by atomic mass is 9.94. The number of nitrogens with zero attached hydrogens (tertiary/aromatic N) is 1. The first kappa shape index (κ1) is 16.5. The van der Waals surface area contributed by atoms with E-state index < -0.39 is 0 Å². The van der Waals surface area contributed by atoms with E-state index in [1.54, 1.807) is 0 Å². The lowest BCUT2D eigenvalue weighted by Gasteiger charge is -2.28. The molecule has 1 aromatic carbocycles. The van der Waals surface area contributed by atoms with Gasteiger partial charge in [0.25, 0.3) is 0 Å². The molecule has 2 heteroatoms. The molecule has 0 aromatic heterocycles. The van der Waals surface area contributed by atoms with Crippen LogP contribution in [0.2, 0.25) is 0 Å². The first-order valence-corrected chi connectivity index (χ1v) is 8.74. The van der Waals surface area contributed by atoms with Crippen LogP contribution in [-0.4, -0.2) is 30.6 Å². The van der Waals surface area contributed by atoms with Crippen LogP contribution in [0.15, 0.2) is 30.3 Å². The molecule has 2 atom stereocenters. The van der Waals surface area contributed by atoms with Crippen molar-refractivity contribution in [3.05, 3.63) is 35.9 Å². The highest BCUT2D eigenvalue weighted by Crippen LogP contribution is 2.24. The Balaban J connectivity index is 1.95. The van der Waals surface area contributed by atoms with Gasteiger partial charge >= 0.3 is 0 Å². The third kappa shape index (κ3) is 5.12. The molecule has 0 radical (unpaired) electrons. The van der Waals surface area contributed by atoms with Gasteiger partial charge in [-0.15, -0.1) is 0 Å². The number of rotatable bonds is 6. The highest BCUT2D eigenvalue weighted by molar-refractivity contribution is 5.19. The van der Waals surface area contributed by atoms with Gasteiger partial charge in [0.1, 0.15) is 0 Å². The molecule has 0 aliphatic carbocycles. The van der Waals surface area contributed by atoms with Crippen LogP contribution in [0.25, 0.3) is 0 Å². The fourth-order valence-electron chi connectivity index (χ4n) is 3.45. The average molecular weight is 288 g/mol. The number of hydrogen-bond acceptors (Lipinski definition) is 2. The van der Waals surface area contributed by atoms with Gasteiger partial charge in [0.2, 0.25) is 0 Å². The number of benzene rings is 1. The third-order valence-corrected chi connectivity index (χ3v) is 4.60. The molecule has 21 heavy (non-hydrogen) atoms. The van der Waals surface area contributed by atoms with Gasteiger partial charge in [-0.2, -0.15) is 0 Å². The topological polar surface area (TPSA) is 15.3 Å². The smallest absolute Gasteiger partial charge is 0.0345 e. The largest absolute Gasteiger partial charge is 0.307 e. The fourth-order valence-corrected chi connectivity index (χ4v) is 3.45. The summed E-state index contributed by atoms with van der Waals surface area (Å²) >= 11 is 0. The number of hydrogen-bond donors (Lipinski definition) is 1. The van der Waals surface area contributed by atoms with E-state index in [2.05, 4.69) is 61.3 Å². The van der Waals surface area contributed by atoms with Crippen molar-refractivity contribution in [3.63, 3.8) is 0 Å². The molecule has 1 heterocycles. The van der Waals surface area contributed by atoms with E-state index in [1.165, 1.54) is 50.9 Å². The highest BCUT2D eigenvalue weighted by Gasteiger charge is 2.22. The molecule has 0 spiro atoms. The van der Waals surface area contributed by atoms with Crippen molar-refractivity contribution >= 4 is 0 Å². The molecule has 1 aliphatic heterocycles. The molecular formula is C19H32N2. The summed E-state index contributed by atoms with van der Waals surface area (Å²) in [5, 5.41) is 3.95. The van der Waals surface area contributed by atoms with Crippen molar-refractivity contribution in [1.29, 1.82) is 0 Å². The van der Waals surface area contributed by atoms with Crippen molar-refractivity contribution in [1.82, 2.24) is 10.2 Å². The van der Waals surface area contributed by atoms with Crippen LogP contribution in [0.1, 0.15) is 58.1 Å². The Morgan fingerprint density at radius 2 is 1.90 bits per heavy atom. The summed E-state index contributed by atoms with van der Waals surface area (Å²) < 4.78 is 0. The summed E-state index contributed by atoms with van der Waals surface area (Å²) in [5.41, 5.74) is 1.43. The van der Waals surface area contributed by atoms with E-state index in [0.717, 1.165) is 0 Å². The molecule has 0 bridgehead atoms. The zero-order valence-electron chi connectivity index (χ0n) is 14.0. The fraction of sp³-hybridized carbons (Fsp3) is 0.684. The van der Waals surface area contributed by atoms with Gasteiger partial charge in [0, 0.05) is 12.1 Å². The van der Waals surface area contributed by atoms with E-state index in [-0.39, 0.29) is 0 Å². The Labute approximate surface area is 130 Å². The van der Waals surface area contributed by atoms with Crippen LogP contribution in [0.4, 0.5) is 0 Å². The maximum absolute atomic E-state index is 3.95. The lowest BCUT2D eigenvalue weighted by Crippen LogP contribution is -2.36. The minimum Gasteiger partial charge on any atom is -0.307 e. The Morgan fingerprint density at radius 1 is 1.14 bits per heavy atom. The van der Waals surface area contributed by atoms with Gasteiger partial charge in [-0.05, 0) is 56.8 Å². The van der Waals surface area contributed by atoms with Crippen molar-refractivity contribution < 1.29 is 0 Å². The molecule has 1 saturated heterocycles. The van der Waals surface area contributed by atoms with Crippen molar-refractivity contribution in [2.45, 2.75) is 58.5 Å². The molecule has 1 fully saturated rings. The molecule has 2 rings (SSSR count). The summed E-state index contributed by atoms with van der Waals surface area (Å²) in [5.74, 6) is 0.627. The molecule has 1 aliphatic rings. The van der Waals surface area contributed by atoms with Gasteiger partial charge in [-0.1, -0.05) is 51.1 Å². The standard InChI is InChI=1S/C19H32N2/c1-4-13-21-14-8-11-18(12-15-21)20-19(16(2)3)17-9-6-5-7-10-17/h5-7,9-10,16,18-20H,4,8,11-15H2,1-3H3. The molecule has 2 nitrogen and oxygen atoms in total. The summed E-state index contributed by atoms with van der Waals surface area (Å²) in [4.78, 5) is 2.63. The van der Waals surface area contributed by atoms with E-state index in [9.17, 15) is 0 Å². The first-order valence-electron chi connectivity index (χ1n) is 8.74. The van der Waals surface area contributed by atoms with Crippen LogP contribution in [0.5, 0.6) is 0 Å². The van der Waals surface area contributed by atoms with Crippen LogP contribution < -0.4 is 5.32 Å². The Hall–Kier alpha value is -0.860. The summed E-state index contributed by atoms with van der Waals surface area (Å²) in [6.07, 6.45) is 5.21. The Morgan fingerprint density at radius 3 is 2.57 bits per heavy atom. The van der Waals surface area contributed by atoms with E-state index >= 15 is 0 Å². The average Bonchev–Trinajstić information content (AvgIpc) is 2.71. The molecule has 2 unspecified atom stereocenters. The summed E-state index contributed by atoms with van der Waals surface area (Å²) in [7, 11) is 0. The van der Waals surface area contributed by atoms with Gasteiger partial charge in [-0.3, -0.25) is 0 Å². The van der Waals surface area contributed by atoms with Crippen LogP contribution >= 0.6 is 0 Å². The molecule has 118 valence electrons. The molecular weight excluding hydrogens is 256 g/mol. The van der Waals surface area contributed by atoms with Crippen molar-refractivity contribution in [2.24, 2.45) is 5.92 Å². The molecule has 1 N–H and O–H groups in total. The second kappa shape index (κ2) is 8.55. The number of likely N-dealkylation sites (tertiary alicyclic amines) is 1. The zero-order valence-corrected chi connectivity index (χ0v) is 14.0. The minimum absolute atomic E-state index is 0.480.